The van der Waals surface area contributed by atoms with Crippen molar-refractivity contribution in [1.29, 1.82) is 0 Å². The lowest BCUT2D eigenvalue weighted by atomic mass is 10.1. The van der Waals surface area contributed by atoms with E-state index in [1.165, 1.54) is 0 Å². The van der Waals surface area contributed by atoms with Gasteiger partial charge in [-0.1, -0.05) is 23.2 Å². The lowest BCUT2D eigenvalue weighted by Crippen LogP contribution is -2.45. The Kier molecular flexibility index (Phi) is 7.12. The first kappa shape index (κ1) is 19.7. The first-order valence-electron chi connectivity index (χ1n) is 9.01. The minimum atomic E-state index is 0.0511. The van der Waals surface area contributed by atoms with Crippen molar-refractivity contribution in [2.24, 2.45) is 0 Å². The van der Waals surface area contributed by atoms with Crippen LogP contribution in [-0.4, -0.2) is 41.6 Å². The Morgan fingerprint density at radius 1 is 1.22 bits per heavy atom. The zero-order chi connectivity index (χ0) is 19.1. The van der Waals surface area contributed by atoms with Crippen LogP contribution in [0.3, 0.4) is 0 Å². The molecule has 1 aliphatic heterocycles. The number of hydrogen-bond acceptors (Lipinski definition) is 5. The third-order valence-corrected chi connectivity index (χ3v) is 4.93. The van der Waals surface area contributed by atoms with E-state index in [0.717, 1.165) is 31.9 Å². The molecular weight excluding hydrogens is 387 g/mol. The fourth-order valence-electron chi connectivity index (χ4n) is 2.99. The van der Waals surface area contributed by atoms with E-state index >= 15 is 0 Å². The molecule has 0 saturated carbocycles. The van der Waals surface area contributed by atoms with Gasteiger partial charge in [-0.2, -0.15) is 0 Å². The molecule has 0 aliphatic carbocycles. The average molecular weight is 409 g/mol. The summed E-state index contributed by atoms with van der Waals surface area (Å²) in [6.45, 7) is 2.11. The molecule has 144 valence electrons. The second-order valence-electron chi connectivity index (χ2n) is 6.40. The SMILES string of the molecule is O=C(CCCOc1ccc(Cl)cc1Cl)NC1CCN(c2ncccn2)CC1. The van der Waals surface area contributed by atoms with Crippen molar-refractivity contribution in [3.8, 4) is 5.75 Å². The first-order chi connectivity index (χ1) is 13.1. The van der Waals surface area contributed by atoms with Gasteiger partial charge in [0.25, 0.3) is 0 Å². The molecule has 1 fully saturated rings. The highest BCUT2D eigenvalue weighted by atomic mass is 35.5. The van der Waals surface area contributed by atoms with Crippen LogP contribution in [0.25, 0.3) is 0 Å². The van der Waals surface area contributed by atoms with Crippen LogP contribution in [0.5, 0.6) is 5.75 Å². The van der Waals surface area contributed by atoms with Gasteiger partial charge in [0.1, 0.15) is 5.75 Å². The fraction of sp³-hybridized carbons (Fsp3) is 0.421. The maximum atomic E-state index is 12.1. The van der Waals surface area contributed by atoms with Gasteiger partial charge < -0.3 is 15.0 Å². The molecule has 0 unspecified atom stereocenters. The highest BCUT2D eigenvalue weighted by Crippen LogP contribution is 2.27. The van der Waals surface area contributed by atoms with Gasteiger partial charge in [-0.3, -0.25) is 4.79 Å². The zero-order valence-corrected chi connectivity index (χ0v) is 16.4. The predicted octanol–water partition coefficient (Wildman–Crippen LogP) is 3.73. The van der Waals surface area contributed by atoms with Crippen LogP contribution in [0.15, 0.2) is 36.7 Å². The highest BCUT2D eigenvalue weighted by Gasteiger charge is 2.21. The quantitative estimate of drug-likeness (QED) is 0.706. The molecule has 6 nitrogen and oxygen atoms in total. The lowest BCUT2D eigenvalue weighted by Gasteiger charge is -2.32. The summed E-state index contributed by atoms with van der Waals surface area (Å²) in [5, 5.41) is 4.14. The van der Waals surface area contributed by atoms with Gasteiger partial charge in [-0.05, 0) is 43.5 Å². The molecule has 8 heteroatoms. The van der Waals surface area contributed by atoms with Crippen LogP contribution >= 0.6 is 23.2 Å². The largest absolute Gasteiger partial charge is 0.492 e. The van der Waals surface area contributed by atoms with Crippen LogP contribution in [0.4, 0.5) is 5.95 Å². The van der Waals surface area contributed by atoms with Crippen molar-refractivity contribution in [2.45, 2.75) is 31.7 Å². The molecule has 1 saturated heterocycles. The van der Waals surface area contributed by atoms with Crippen molar-refractivity contribution in [1.82, 2.24) is 15.3 Å². The van der Waals surface area contributed by atoms with Gasteiger partial charge in [0, 0.05) is 43.0 Å². The Morgan fingerprint density at radius 2 is 1.96 bits per heavy atom. The second kappa shape index (κ2) is 9.76. The molecule has 1 aromatic carbocycles. The monoisotopic (exact) mass is 408 g/mol. The topological polar surface area (TPSA) is 67.3 Å². The van der Waals surface area contributed by atoms with E-state index in [9.17, 15) is 4.79 Å². The molecule has 27 heavy (non-hydrogen) atoms. The number of piperidine rings is 1. The second-order valence-corrected chi connectivity index (χ2v) is 7.25. The third-order valence-electron chi connectivity index (χ3n) is 4.39. The van der Waals surface area contributed by atoms with E-state index in [0.29, 0.717) is 35.2 Å². The van der Waals surface area contributed by atoms with Crippen LogP contribution in [-0.2, 0) is 4.79 Å². The molecule has 0 atom stereocenters. The summed E-state index contributed by atoms with van der Waals surface area (Å²) in [4.78, 5) is 22.8. The average Bonchev–Trinajstić information content (AvgIpc) is 2.68. The Labute approximate surface area is 168 Å². The number of benzene rings is 1. The van der Waals surface area contributed by atoms with E-state index in [4.69, 9.17) is 27.9 Å². The number of nitrogens with one attached hydrogen (secondary N) is 1. The molecule has 0 spiro atoms. The van der Waals surface area contributed by atoms with Crippen LogP contribution in [0.2, 0.25) is 10.0 Å². The maximum absolute atomic E-state index is 12.1. The lowest BCUT2D eigenvalue weighted by molar-refractivity contribution is -0.122. The van der Waals surface area contributed by atoms with Gasteiger partial charge in [0.05, 0.1) is 11.6 Å². The predicted molar refractivity (Wildman–Crippen MR) is 107 cm³/mol. The number of ether oxygens (including phenoxy) is 1. The number of nitrogens with zero attached hydrogens (tertiary/aromatic N) is 3. The van der Waals surface area contributed by atoms with Crippen molar-refractivity contribution in [2.75, 3.05) is 24.6 Å². The number of amides is 1. The van der Waals surface area contributed by atoms with Gasteiger partial charge in [0.15, 0.2) is 0 Å². The minimum Gasteiger partial charge on any atom is -0.492 e. The Balaban J connectivity index is 1.33. The van der Waals surface area contributed by atoms with Gasteiger partial charge in [0.2, 0.25) is 11.9 Å². The van der Waals surface area contributed by atoms with Gasteiger partial charge in [-0.25, -0.2) is 9.97 Å². The number of aromatic nitrogens is 2. The molecule has 1 aliphatic rings. The summed E-state index contributed by atoms with van der Waals surface area (Å²) >= 11 is 11.9. The highest BCUT2D eigenvalue weighted by molar-refractivity contribution is 6.35. The number of carbonyl (C=O) groups is 1. The van der Waals surface area contributed by atoms with Crippen molar-refractivity contribution in [3.63, 3.8) is 0 Å². The molecule has 2 aromatic rings. The van der Waals surface area contributed by atoms with Crippen LogP contribution in [0, 0.1) is 0 Å². The van der Waals surface area contributed by atoms with Crippen molar-refractivity contribution in [3.05, 3.63) is 46.7 Å². The van der Waals surface area contributed by atoms with Gasteiger partial charge in [-0.15, -0.1) is 0 Å². The summed E-state index contributed by atoms with van der Waals surface area (Å²) < 4.78 is 5.60. The molecule has 0 bridgehead atoms. The van der Waals surface area contributed by atoms with Crippen LogP contribution in [0.1, 0.15) is 25.7 Å². The Hall–Kier alpha value is -2.05. The maximum Gasteiger partial charge on any atom is 0.225 e. The number of anilines is 1. The summed E-state index contributed by atoms with van der Waals surface area (Å²) in [5.41, 5.74) is 0. The molecule has 1 amide bonds. The number of carbonyl (C=O) groups excluding carboxylic acids is 1. The summed E-state index contributed by atoms with van der Waals surface area (Å²) in [7, 11) is 0. The Morgan fingerprint density at radius 3 is 2.67 bits per heavy atom. The summed E-state index contributed by atoms with van der Waals surface area (Å²) in [6.07, 6.45) is 6.32. The number of rotatable bonds is 7. The number of halogens is 2. The van der Waals surface area contributed by atoms with E-state index in [-0.39, 0.29) is 11.9 Å². The number of hydrogen-bond donors (Lipinski definition) is 1. The smallest absolute Gasteiger partial charge is 0.225 e. The minimum absolute atomic E-state index is 0.0511. The van der Waals surface area contributed by atoms with E-state index in [1.54, 1.807) is 36.7 Å². The van der Waals surface area contributed by atoms with Crippen molar-refractivity contribution < 1.29 is 9.53 Å². The molecule has 1 aromatic heterocycles. The molecule has 2 heterocycles. The molecule has 0 radical (unpaired) electrons. The summed E-state index contributed by atoms with van der Waals surface area (Å²) in [5.74, 6) is 1.38. The molecule has 3 rings (SSSR count). The van der Waals surface area contributed by atoms with E-state index in [2.05, 4.69) is 20.2 Å². The van der Waals surface area contributed by atoms with Gasteiger partial charge >= 0.3 is 0 Å². The molecular formula is C19H22Cl2N4O2. The van der Waals surface area contributed by atoms with Crippen molar-refractivity contribution >= 4 is 35.1 Å². The van der Waals surface area contributed by atoms with Crippen LogP contribution < -0.4 is 15.0 Å². The molecule has 1 N–H and O–H groups in total. The normalized spacial score (nSPS) is 14.8. The van der Waals surface area contributed by atoms with E-state index < -0.39 is 0 Å². The fourth-order valence-corrected chi connectivity index (χ4v) is 3.45. The summed E-state index contributed by atoms with van der Waals surface area (Å²) in [6, 6.07) is 7.10. The third kappa shape index (κ3) is 5.97. The van der Waals surface area contributed by atoms with E-state index in [1.807, 2.05) is 0 Å². The Bertz CT molecular complexity index is 753. The standard InChI is InChI=1S/C19H22Cl2N4O2/c20-14-4-5-17(16(21)13-14)27-12-1-3-18(26)24-15-6-10-25(11-7-15)19-22-8-2-9-23-19/h2,4-5,8-9,13,15H,1,3,6-7,10-12H2,(H,24,26). The zero-order valence-electron chi connectivity index (χ0n) is 14.9. The first-order valence-corrected chi connectivity index (χ1v) is 9.76.